The molecule has 144 valence electrons. The molecule has 0 N–H and O–H groups in total. The molecule has 0 atom stereocenters. The molecule has 1 aliphatic carbocycles. The Hall–Kier alpha value is -2.19. The summed E-state index contributed by atoms with van der Waals surface area (Å²) in [5.41, 5.74) is -6.62. The highest BCUT2D eigenvalue weighted by Gasteiger charge is 2.75. The van der Waals surface area contributed by atoms with Crippen LogP contribution >= 0.6 is 0 Å². The van der Waals surface area contributed by atoms with Crippen molar-refractivity contribution in [2.75, 3.05) is 0 Å². The number of hydrogen-bond donors (Lipinski definition) is 0. The predicted molar refractivity (Wildman–Crippen MR) is 80.3 cm³/mol. The van der Waals surface area contributed by atoms with Crippen LogP contribution in [-0.2, 0) is 21.5 Å². The highest BCUT2D eigenvalue weighted by Crippen LogP contribution is 2.53. The molecule has 0 aromatic heterocycles. The van der Waals surface area contributed by atoms with Gasteiger partial charge in [-0.25, -0.2) is 4.79 Å². The predicted octanol–water partition coefficient (Wildman–Crippen LogP) is 5.53. The van der Waals surface area contributed by atoms with E-state index >= 15 is 0 Å². The summed E-state index contributed by atoms with van der Waals surface area (Å²) in [5.74, 6) is 0. The van der Waals surface area contributed by atoms with Gasteiger partial charge in [-0.2, -0.15) is 26.3 Å². The van der Waals surface area contributed by atoms with Crippen molar-refractivity contribution in [3.8, 4) is 0 Å². The number of rotatable bonds is 2. The average molecular weight is 382 g/mol. The Morgan fingerprint density at radius 1 is 0.962 bits per heavy atom. The third-order valence-electron chi connectivity index (χ3n) is 3.61. The zero-order valence-electron chi connectivity index (χ0n) is 14.1. The third kappa shape index (κ3) is 3.66. The third-order valence-corrected chi connectivity index (χ3v) is 3.61. The van der Waals surface area contributed by atoms with E-state index in [1.54, 1.807) is 12.2 Å². The van der Waals surface area contributed by atoms with Gasteiger partial charge in [0.05, 0.1) is 0 Å². The van der Waals surface area contributed by atoms with Crippen LogP contribution in [0.1, 0.15) is 37.5 Å². The Morgan fingerprint density at radius 3 is 2.04 bits per heavy atom. The Bertz CT molecular complexity index is 711. The van der Waals surface area contributed by atoms with Crippen LogP contribution in [0.3, 0.4) is 0 Å². The lowest BCUT2D eigenvalue weighted by Gasteiger charge is -2.37. The smallest absolute Gasteiger partial charge is 0.429 e. The highest BCUT2D eigenvalue weighted by atomic mass is 19.4. The first-order chi connectivity index (χ1) is 11.7. The van der Waals surface area contributed by atoms with E-state index in [0.717, 1.165) is 12.1 Å². The second kappa shape index (κ2) is 6.21. The molecule has 26 heavy (non-hydrogen) atoms. The van der Waals surface area contributed by atoms with Crippen molar-refractivity contribution in [2.45, 2.75) is 50.7 Å². The van der Waals surface area contributed by atoms with E-state index in [1.165, 1.54) is 20.8 Å². The maximum atomic E-state index is 13.6. The van der Waals surface area contributed by atoms with Gasteiger partial charge in [0, 0.05) is 5.56 Å². The summed E-state index contributed by atoms with van der Waals surface area (Å²) >= 11 is 0. The van der Waals surface area contributed by atoms with Crippen LogP contribution in [0.5, 0.6) is 0 Å². The minimum absolute atomic E-state index is 0.182. The number of allylic oxidation sites excluding steroid dienone is 1. The summed E-state index contributed by atoms with van der Waals surface area (Å²) in [4.78, 5) is 11.7. The minimum atomic E-state index is -5.96. The van der Waals surface area contributed by atoms with Crippen LogP contribution < -0.4 is 0 Å². The molecule has 9 heteroatoms. The summed E-state index contributed by atoms with van der Waals surface area (Å²) in [6.07, 6.45) is -10.6. The monoisotopic (exact) mass is 382 g/mol. The molecule has 0 heterocycles. The van der Waals surface area contributed by atoms with Crippen molar-refractivity contribution in [2.24, 2.45) is 0 Å². The van der Waals surface area contributed by atoms with Crippen LogP contribution in [0, 0.1) is 0 Å². The average Bonchev–Trinajstić information content (AvgIpc) is 2.87. The van der Waals surface area contributed by atoms with Gasteiger partial charge in [-0.3, -0.25) is 0 Å². The van der Waals surface area contributed by atoms with Crippen molar-refractivity contribution in [1.82, 2.24) is 0 Å². The number of benzene rings is 1. The summed E-state index contributed by atoms with van der Waals surface area (Å²) in [7, 11) is 0. The van der Waals surface area contributed by atoms with Gasteiger partial charge >= 0.3 is 24.1 Å². The van der Waals surface area contributed by atoms with Crippen molar-refractivity contribution >= 4 is 12.2 Å². The molecule has 0 spiro atoms. The number of carbonyl (C=O) groups is 1. The van der Waals surface area contributed by atoms with Gasteiger partial charge in [-0.1, -0.05) is 30.4 Å². The molecular weight excluding hydrogens is 366 g/mol. The SMILES string of the molecule is CC(C)(C)OC(=O)OC(c1ccc2c(c1)CC=C2)(C(F)(F)F)C(F)(F)F. The van der Waals surface area contributed by atoms with Crippen molar-refractivity contribution in [3.05, 3.63) is 41.0 Å². The van der Waals surface area contributed by atoms with Crippen molar-refractivity contribution in [3.63, 3.8) is 0 Å². The molecule has 1 aromatic carbocycles. The molecule has 0 fully saturated rings. The van der Waals surface area contributed by atoms with Crippen molar-refractivity contribution < 1.29 is 40.6 Å². The number of halogens is 6. The second-order valence-corrected chi connectivity index (χ2v) is 6.76. The van der Waals surface area contributed by atoms with Crippen molar-refractivity contribution in [1.29, 1.82) is 0 Å². The summed E-state index contributed by atoms with van der Waals surface area (Å²) < 4.78 is 90.3. The Balaban J connectivity index is 2.60. The Kier molecular flexibility index (Phi) is 4.80. The molecule has 0 saturated carbocycles. The van der Waals surface area contributed by atoms with E-state index in [2.05, 4.69) is 9.47 Å². The second-order valence-electron chi connectivity index (χ2n) is 6.76. The zero-order chi connectivity index (χ0) is 20.0. The Labute approximate surface area is 145 Å². The Morgan fingerprint density at radius 2 is 1.54 bits per heavy atom. The van der Waals surface area contributed by atoms with E-state index in [-0.39, 0.29) is 12.0 Å². The number of ether oxygens (including phenoxy) is 2. The van der Waals surface area contributed by atoms with Crippen LogP contribution in [0.2, 0.25) is 0 Å². The standard InChI is InChI=1S/C17H16F6O3/c1-14(2,3)25-13(24)26-15(16(18,19)20,17(21,22)23)12-8-7-10-5-4-6-11(10)9-12/h4-5,7-9H,6H2,1-3H3. The van der Waals surface area contributed by atoms with Crippen LogP contribution in [0.25, 0.3) is 6.08 Å². The first-order valence-electron chi connectivity index (χ1n) is 7.53. The van der Waals surface area contributed by atoms with Gasteiger partial charge in [-0.05, 0) is 38.3 Å². The normalized spacial score (nSPS) is 15.0. The fourth-order valence-corrected chi connectivity index (χ4v) is 2.54. The summed E-state index contributed by atoms with van der Waals surface area (Å²) in [6.45, 7) is 3.87. The van der Waals surface area contributed by atoms with Gasteiger partial charge < -0.3 is 9.47 Å². The van der Waals surface area contributed by atoms with E-state index in [9.17, 15) is 31.1 Å². The molecule has 0 amide bonds. The molecule has 3 nitrogen and oxygen atoms in total. The van der Waals surface area contributed by atoms with E-state index in [1.807, 2.05) is 0 Å². The van der Waals surface area contributed by atoms with Crippen LogP contribution in [-0.4, -0.2) is 24.1 Å². The lowest BCUT2D eigenvalue weighted by atomic mass is 9.89. The molecule has 0 bridgehead atoms. The number of fused-ring (bicyclic) bond motifs is 1. The first kappa shape index (κ1) is 20.1. The molecule has 0 unspecified atom stereocenters. The zero-order valence-corrected chi connectivity index (χ0v) is 14.1. The minimum Gasteiger partial charge on any atom is -0.429 e. The van der Waals surface area contributed by atoms with Gasteiger partial charge in [0.25, 0.3) is 0 Å². The van der Waals surface area contributed by atoms with Gasteiger partial charge in [0.15, 0.2) is 0 Å². The molecule has 0 radical (unpaired) electrons. The van der Waals surface area contributed by atoms with Gasteiger partial charge in [0.1, 0.15) is 5.60 Å². The molecular formula is C17H16F6O3. The largest absolute Gasteiger partial charge is 0.510 e. The van der Waals surface area contributed by atoms with Crippen LogP contribution in [0.4, 0.5) is 31.1 Å². The van der Waals surface area contributed by atoms with Gasteiger partial charge in [0.2, 0.25) is 0 Å². The van der Waals surface area contributed by atoms with Gasteiger partial charge in [-0.15, -0.1) is 0 Å². The fraction of sp³-hybridized carbons (Fsp3) is 0.471. The van der Waals surface area contributed by atoms with Crippen LogP contribution in [0.15, 0.2) is 24.3 Å². The number of hydrogen-bond acceptors (Lipinski definition) is 3. The van der Waals surface area contributed by atoms with E-state index in [4.69, 9.17) is 0 Å². The molecule has 0 saturated heterocycles. The lowest BCUT2D eigenvalue weighted by molar-refractivity contribution is -0.377. The molecule has 2 rings (SSSR count). The fourth-order valence-electron chi connectivity index (χ4n) is 2.54. The van der Waals surface area contributed by atoms with E-state index in [0.29, 0.717) is 11.6 Å². The summed E-state index contributed by atoms with van der Waals surface area (Å²) in [6, 6.07) is 2.53. The van der Waals surface area contributed by atoms with E-state index < -0.39 is 35.3 Å². The highest BCUT2D eigenvalue weighted by molar-refractivity contribution is 5.64. The molecule has 0 aliphatic heterocycles. The molecule has 1 aliphatic rings. The maximum Gasteiger partial charge on any atom is 0.510 e. The quantitative estimate of drug-likeness (QED) is 0.499. The number of alkyl halides is 6. The topological polar surface area (TPSA) is 35.5 Å². The summed E-state index contributed by atoms with van der Waals surface area (Å²) in [5, 5.41) is 0. The maximum absolute atomic E-state index is 13.6. The first-order valence-corrected chi connectivity index (χ1v) is 7.53. The lowest BCUT2D eigenvalue weighted by Crippen LogP contribution is -2.57. The number of carbonyl (C=O) groups excluding carboxylic acids is 1. The molecule has 1 aromatic rings.